The zero-order valence-corrected chi connectivity index (χ0v) is 41.3. The number of carbonyl (C=O) groups excluding carboxylic acids is 2. The number of ether oxygens (including phenoxy) is 1. The van der Waals surface area contributed by atoms with Crippen LogP contribution in [0, 0.1) is 0 Å². The molecule has 6 nitrogen and oxygen atoms in total. The summed E-state index contributed by atoms with van der Waals surface area (Å²) in [6, 6.07) is -0.718. The summed E-state index contributed by atoms with van der Waals surface area (Å²) < 4.78 is 5.91. The van der Waals surface area contributed by atoms with Crippen LogP contribution in [0.3, 0.4) is 0 Å². The molecule has 0 spiro atoms. The minimum atomic E-state index is -0.801. The highest BCUT2D eigenvalue weighted by Crippen LogP contribution is 2.17. The molecule has 0 aliphatic rings. The van der Waals surface area contributed by atoms with Crippen LogP contribution in [0.15, 0.2) is 48.6 Å². The van der Waals surface area contributed by atoms with Gasteiger partial charge >= 0.3 is 5.97 Å². The van der Waals surface area contributed by atoms with Crippen molar-refractivity contribution in [1.29, 1.82) is 0 Å². The fourth-order valence-corrected chi connectivity index (χ4v) is 8.07. The molecule has 0 aliphatic carbocycles. The van der Waals surface area contributed by atoms with Crippen molar-refractivity contribution in [3.05, 3.63) is 48.6 Å². The molecular weight excluding hydrogens is 767 g/mol. The molecule has 0 radical (unpaired) electrons. The quantitative estimate of drug-likeness (QED) is 0.0322. The highest BCUT2D eigenvalue weighted by molar-refractivity contribution is 5.77. The first-order valence-electron chi connectivity index (χ1n) is 26.9. The lowest BCUT2D eigenvalue weighted by atomic mass is 10.0. The number of hydrogen-bond acceptors (Lipinski definition) is 5. The van der Waals surface area contributed by atoms with Gasteiger partial charge in [0.05, 0.1) is 25.2 Å². The predicted molar refractivity (Wildman–Crippen MR) is 269 cm³/mol. The van der Waals surface area contributed by atoms with Crippen molar-refractivity contribution in [1.82, 2.24) is 5.32 Å². The van der Waals surface area contributed by atoms with Crippen molar-refractivity contribution in [2.45, 2.75) is 289 Å². The Morgan fingerprint density at radius 2 is 0.823 bits per heavy atom. The second kappa shape index (κ2) is 49.8. The summed E-state index contributed by atoms with van der Waals surface area (Å²) in [4.78, 5) is 26.1. The highest BCUT2D eigenvalue weighted by Gasteiger charge is 2.24. The van der Waals surface area contributed by atoms with Crippen LogP contribution in [0.4, 0.5) is 0 Å². The Balaban J connectivity index is 4.64. The van der Waals surface area contributed by atoms with Crippen LogP contribution < -0.4 is 5.32 Å². The molecule has 3 N–H and O–H groups in total. The van der Waals surface area contributed by atoms with Gasteiger partial charge in [-0.2, -0.15) is 0 Å². The molecule has 0 bridgehead atoms. The summed E-state index contributed by atoms with van der Waals surface area (Å²) in [6.07, 6.45) is 60.3. The zero-order valence-electron chi connectivity index (χ0n) is 41.3. The van der Waals surface area contributed by atoms with Crippen molar-refractivity contribution in [3.8, 4) is 0 Å². The van der Waals surface area contributed by atoms with E-state index >= 15 is 0 Å². The maximum Gasteiger partial charge on any atom is 0.306 e. The Morgan fingerprint density at radius 3 is 1.23 bits per heavy atom. The normalized spacial score (nSPS) is 13.6. The Hall–Kier alpha value is -2.18. The molecule has 0 fully saturated rings. The van der Waals surface area contributed by atoms with E-state index in [0.29, 0.717) is 19.3 Å². The summed E-state index contributed by atoms with van der Waals surface area (Å²) in [7, 11) is 0. The fourth-order valence-electron chi connectivity index (χ4n) is 8.07. The minimum Gasteiger partial charge on any atom is -0.462 e. The maximum absolute atomic E-state index is 13.2. The summed E-state index contributed by atoms with van der Waals surface area (Å²) >= 11 is 0. The number of carbonyl (C=O) groups is 2. The molecule has 0 heterocycles. The maximum atomic E-state index is 13.2. The minimum absolute atomic E-state index is 0.0390. The lowest BCUT2D eigenvalue weighted by Gasteiger charge is -2.24. The van der Waals surface area contributed by atoms with E-state index in [1.807, 2.05) is 0 Å². The molecule has 0 aromatic rings. The fraction of sp³-hybridized carbons (Fsp3) is 0.821. The monoisotopic (exact) mass is 870 g/mol. The number of aliphatic hydroxyl groups is 2. The van der Waals surface area contributed by atoms with Gasteiger partial charge in [0, 0.05) is 6.42 Å². The predicted octanol–water partition coefficient (Wildman–Crippen LogP) is 16.2. The first-order chi connectivity index (χ1) is 30.5. The van der Waals surface area contributed by atoms with Gasteiger partial charge in [0.2, 0.25) is 5.91 Å². The molecule has 362 valence electrons. The van der Waals surface area contributed by atoms with Gasteiger partial charge in [-0.1, -0.05) is 236 Å². The van der Waals surface area contributed by atoms with E-state index in [4.69, 9.17) is 4.74 Å². The second-order valence-corrected chi connectivity index (χ2v) is 18.3. The van der Waals surface area contributed by atoms with Crippen molar-refractivity contribution in [3.63, 3.8) is 0 Å². The van der Waals surface area contributed by atoms with Crippen LogP contribution in [-0.4, -0.2) is 46.9 Å². The number of unbranched alkanes of at least 4 members (excludes halogenated alkanes) is 30. The number of amides is 1. The Morgan fingerprint density at radius 1 is 0.468 bits per heavy atom. The average molecular weight is 870 g/mol. The molecule has 6 heteroatoms. The molecule has 0 aromatic heterocycles. The Bertz CT molecular complexity index is 1070. The third kappa shape index (κ3) is 44.4. The molecule has 62 heavy (non-hydrogen) atoms. The molecule has 0 aromatic carbocycles. The smallest absolute Gasteiger partial charge is 0.306 e. The first-order valence-corrected chi connectivity index (χ1v) is 26.9. The lowest BCUT2D eigenvalue weighted by Crippen LogP contribution is -2.46. The van der Waals surface area contributed by atoms with Crippen LogP contribution in [0.25, 0.3) is 0 Å². The van der Waals surface area contributed by atoms with Gasteiger partial charge in [0.15, 0.2) is 0 Å². The van der Waals surface area contributed by atoms with Gasteiger partial charge in [-0.25, -0.2) is 0 Å². The van der Waals surface area contributed by atoms with E-state index in [1.54, 1.807) is 0 Å². The molecule has 3 atom stereocenters. The van der Waals surface area contributed by atoms with Crippen molar-refractivity contribution in [2.75, 3.05) is 6.61 Å². The molecule has 1 amide bonds. The molecular formula is C56H103NO5. The van der Waals surface area contributed by atoms with E-state index < -0.39 is 18.2 Å². The highest BCUT2D eigenvalue weighted by atomic mass is 16.5. The lowest BCUT2D eigenvalue weighted by molar-refractivity contribution is -0.151. The standard InChI is InChI=1S/C56H103NO5/c1-4-7-10-13-16-19-22-24-26-27-28-29-31-34-37-40-43-46-49-56(61)62-52(47-44-41-38-35-33-30-25-23-20-17-14-11-8-5-2)50-55(60)57-53(51-58)54(59)48-45-42-39-36-32-21-18-15-12-9-6-3/h26-30,33,35,38,52-54,58-59H,4-25,31-32,34,36-37,39-51H2,1-3H3,(H,57,60)/b27-26+,29-28+,33-30+,38-35+. The van der Waals surface area contributed by atoms with Crippen LogP contribution in [0.1, 0.15) is 271 Å². The van der Waals surface area contributed by atoms with Crippen LogP contribution in [-0.2, 0) is 14.3 Å². The van der Waals surface area contributed by atoms with Gasteiger partial charge < -0.3 is 20.3 Å². The van der Waals surface area contributed by atoms with E-state index in [2.05, 4.69) is 74.7 Å². The molecule has 0 aliphatic heterocycles. The zero-order chi connectivity index (χ0) is 45.2. The molecule has 0 saturated carbocycles. The average Bonchev–Trinajstić information content (AvgIpc) is 3.26. The topological polar surface area (TPSA) is 95.9 Å². The Labute approximate surface area is 385 Å². The van der Waals surface area contributed by atoms with Gasteiger partial charge in [-0.3, -0.25) is 9.59 Å². The third-order valence-electron chi connectivity index (χ3n) is 12.2. The van der Waals surface area contributed by atoms with Crippen LogP contribution in [0.5, 0.6) is 0 Å². The molecule has 0 saturated heterocycles. The van der Waals surface area contributed by atoms with Crippen molar-refractivity contribution in [2.24, 2.45) is 0 Å². The first kappa shape index (κ1) is 59.8. The summed E-state index contributed by atoms with van der Waals surface area (Å²) in [5.41, 5.74) is 0. The van der Waals surface area contributed by atoms with E-state index in [0.717, 1.165) is 77.0 Å². The van der Waals surface area contributed by atoms with Gasteiger partial charge in [-0.15, -0.1) is 0 Å². The van der Waals surface area contributed by atoms with Crippen LogP contribution >= 0.6 is 0 Å². The second-order valence-electron chi connectivity index (χ2n) is 18.3. The van der Waals surface area contributed by atoms with E-state index in [1.165, 1.54) is 148 Å². The summed E-state index contributed by atoms with van der Waals surface area (Å²) in [6.45, 7) is 6.46. The summed E-state index contributed by atoms with van der Waals surface area (Å²) in [5.74, 6) is -0.533. The number of rotatable bonds is 48. The van der Waals surface area contributed by atoms with Crippen LogP contribution in [0.2, 0.25) is 0 Å². The number of hydrogen-bond donors (Lipinski definition) is 3. The third-order valence-corrected chi connectivity index (χ3v) is 12.2. The van der Waals surface area contributed by atoms with Gasteiger partial charge in [0.1, 0.15) is 6.10 Å². The van der Waals surface area contributed by atoms with Gasteiger partial charge in [0.25, 0.3) is 0 Å². The number of aliphatic hydroxyl groups excluding tert-OH is 2. The van der Waals surface area contributed by atoms with Crippen molar-refractivity contribution >= 4 is 11.9 Å². The molecule has 0 rings (SSSR count). The number of allylic oxidation sites excluding steroid dienone is 8. The van der Waals surface area contributed by atoms with Crippen molar-refractivity contribution < 1.29 is 24.5 Å². The van der Waals surface area contributed by atoms with E-state index in [9.17, 15) is 19.8 Å². The number of nitrogens with one attached hydrogen (secondary N) is 1. The van der Waals surface area contributed by atoms with E-state index in [-0.39, 0.29) is 24.9 Å². The largest absolute Gasteiger partial charge is 0.462 e. The SMILES string of the molecule is CCCCCCCCC/C=C/C=C/CCCCCCCC(=O)OC(CCC/C=C/C=C/CCCCCCCCC)CC(=O)NC(CO)C(O)CCCCCCCCCCCCC. The molecule has 3 unspecified atom stereocenters. The number of esters is 1. The van der Waals surface area contributed by atoms with Gasteiger partial charge in [-0.05, 0) is 70.6 Å². The summed E-state index contributed by atoms with van der Waals surface area (Å²) in [5, 5.41) is 23.7. The Kier molecular flexibility index (Phi) is 48.1.